The Morgan fingerprint density at radius 2 is 1.89 bits per heavy atom. The van der Waals surface area contributed by atoms with Crippen LogP contribution in [0.2, 0.25) is 0 Å². The van der Waals surface area contributed by atoms with Gasteiger partial charge in [0.05, 0.1) is 13.2 Å². The topological polar surface area (TPSA) is 73.3 Å². The van der Waals surface area contributed by atoms with Crippen LogP contribution >= 0.6 is 0 Å². The summed E-state index contributed by atoms with van der Waals surface area (Å²) in [5.74, 6) is -0.827. The lowest BCUT2D eigenvalue weighted by Gasteiger charge is -2.35. The molecule has 0 aromatic heterocycles. The molecule has 7 heteroatoms. The standard InChI is InChI=1S/C11H21N3O4/c1-12(7-8-18-2)11(17)14-5-3-13(4-6-14)9-10(15)16/h3-9H2,1-2H3,(H,15,16). The predicted molar refractivity (Wildman–Crippen MR) is 65.6 cm³/mol. The van der Waals surface area contributed by atoms with E-state index < -0.39 is 5.97 Å². The number of nitrogens with zero attached hydrogens (tertiary/aromatic N) is 3. The Labute approximate surface area is 107 Å². The molecule has 1 N–H and O–H groups in total. The van der Waals surface area contributed by atoms with Crippen LogP contribution in [0.25, 0.3) is 0 Å². The van der Waals surface area contributed by atoms with Crippen LogP contribution in [0.5, 0.6) is 0 Å². The van der Waals surface area contributed by atoms with Crippen LogP contribution in [0.15, 0.2) is 0 Å². The van der Waals surface area contributed by atoms with Crippen LogP contribution < -0.4 is 0 Å². The monoisotopic (exact) mass is 259 g/mol. The number of carbonyl (C=O) groups excluding carboxylic acids is 1. The molecule has 2 amide bonds. The number of carboxylic acids is 1. The van der Waals surface area contributed by atoms with Crippen molar-refractivity contribution in [1.82, 2.24) is 14.7 Å². The van der Waals surface area contributed by atoms with Crippen molar-refractivity contribution in [2.24, 2.45) is 0 Å². The molecule has 1 aliphatic heterocycles. The van der Waals surface area contributed by atoms with Crippen LogP contribution in [-0.4, -0.2) is 91.8 Å². The van der Waals surface area contributed by atoms with Crippen molar-refractivity contribution in [2.45, 2.75) is 0 Å². The third-order valence-electron chi connectivity index (χ3n) is 2.96. The number of hydrogen-bond acceptors (Lipinski definition) is 4. The Kier molecular flexibility index (Phi) is 5.87. The van der Waals surface area contributed by atoms with Gasteiger partial charge < -0.3 is 19.6 Å². The normalized spacial score (nSPS) is 16.7. The zero-order valence-electron chi connectivity index (χ0n) is 11.0. The summed E-state index contributed by atoms with van der Waals surface area (Å²) in [6.07, 6.45) is 0. The second kappa shape index (κ2) is 7.17. The Morgan fingerprint density at radius 3 is 2.39 bits per heavy atom. The van der Waals surface area contributed by atoms with Gasteiger partial charge in [-0.15, -0.1) is 0 Å². The molecular weight excluding hydrogens is 238 g/mol. The molecule has 0 spiro atoms. The fourth-order valence-electron chi connectivity index (χ4n) is 1.85. The average molecular weight is 259 g/mol. The molecule has 1 rings (SSSR count). The number of urea groups is 1. The Balaban J connectivity index is 2.33. The molecule has 18 heavy (non-hydrogen) atoms. The maximum absolute atomic E-state index is 12.0. The third kappa shape index (κ3) is 4.50. The van der Waals surface area contributed by atoms with Gasteiger partial charge in [0.15, 0.2) is 0 Å². The van der Waals surface area contributed by atoms with E-state index in [-0.39, 0.29) is 12.6 Å². The van der Waals surface area contributed by atoms with Crippen molar-refractivity contribution in [3.63, 3.8) is 0 Å². The first-order valence-electron chi connectivity index (χ1n) is 5.97. The molecule has 0 bridgehead atoms. The van der Waals surface area contributed by atoms with Crippen LogP contribution in [0.1, 0.15) is 0 Å². The minimum absolute atomic E-state index is 0.0259. The van der Waals surface area contributed by atoms with E-state index in [1.165, 1.54) is 0 Å². The SMILES string of the molecule is COCCN(C)C(=O)N1CCN(CC(=O)O)CC1. The van der Waals surface area contributed by atoms with Gasteiger partial charge in [-0.2, -0.15) is 0 Å². The van der Waals surface area contributed by atoms with Gasteiger partial charge in [0, 0.05) is 46.9 Å². The third-order valence-corrected chi connectivity index (χ3v) is 2.96. The van der Waals surface area contributed by atoms with E-state index in [0.717, 1.165) is 0 Å². The van der Waals surface area contributed by atoms with Gasteiger partial charge in [0.1, 0.15) is 0 Å². The zero-order valence-corrected chi connectivity index (χ0v) is 11.0. The van der Waals surface area contributed by atoms with Gasteiger partial charge in [0.25, 0.3) is 0 Å². The highest BCUT2D eigenvalue weighted by Gasteiger charge is 2.24. The highest BCUT2D eigenvalue weighted by Crippen LogP contribution is 2.04. The smallest absolute Gasteiger partial charge is 0.319 e. The molecular formula is C11H21N3O4. The van der Waals surface area contributed by atoms with Crippen LogP contribution in [0, 0.1) is 0 Å². The van der Waals surface area contributed by atoms with Gasteiger partial charge in [-0.3, -0.25) is 9.69 Å². The van der Waals surface area contributed by atoms with Crippen molar-refractivity contribution in [2.75, 3.05) is 60.0 Å². The summed E-state index contributed by atoms with van der Waals surface area (Å²) in [6, 6.07) is -0.0259. The Morgan fingerprint density at radius 1 is 1.28 bits per heavy atom. The Bertz CT molecular complexity index is 290. The van der Waals surface area contributed by atoms with Crippen LogP contribution in [0.3, 0.4) is 0 Å². The number of aliphatic carboxylic acids is 1. The molecule has 0 radical (unpaired) electrons. The largest absolute Gasteiger partial charge is 0.480 e. The molecule has 0 aliphatic carbocycles. The highest BCUT2D eigenvalue weighted by molar-refractivity contribution is 5.74. The number of likely N-dealkylation sites (N-methyl/N-ethyl adjacent to an activating group) is 1. The first-order chi connectivity index (χ1) is 8.54. The van der Waals surface area contributed by atoms with E-state index in [0.29, 0.717) is 39.3 Å². The van der Waals surface area contributed by atoms with Crippen LogP contribution in [-0.2, 0) is 9.53 Å². The minimum atomic E-state index is -0.827. The number of ether oxygens (including phenoxy) is 1. The highest BCUT2D eigenvalue weighted by atomic mass is 16.5. The predicted octanol–water partition coefficient (Wildman–Crippen LogP) is -0.613. The van der Waals surface area contributed by atoms with E-state index in [9.17, 15) is 9.59 Å². The maximum atomic E-state index is 12.0. The summed E-state index contributed by atoms with van der Waals surface area (Å²) >= 11 is 0. The number of carboxylic acid groups (broad SMARTS) is 1. The molecule has 1 fully saturated rings. The number of piperazine rings is 1. The molecule has 0 saturated carbocycles. The van der Waals surface area contributed by atoms with Crippen molar-refractivity contribution < 1.29 is 19.4 Å². The molecule has 7 nitrogen and oxygen atoms in total. The van der Waals surface area contributed by atoms with E-state index >= 15 is 0 Å². The summed E-state index contributed by atoms with van der Waals surface area (Å²) < 4.78 is 4.92. The first kappa shape index (κ1) is 14.7. The first-order valence-corrected chi connectivity index (χ1v) is 5.97. The van der Waals surface area contributed by atoms with Gasteiger partial charge in [-0.05, 0) is 0 Å². The number of amides is 2. The molecule has 1 saturated heterocycles. The maximum Gasteiger partial charge on any atom is 0.319 e. The second-order valence-electron chi connectivity index (χ2n) is 4.35. The number of hydrogen-bond donors (Lipinski definition) is 1. The molecule has 1 heterocycles. The van der Waals surface area contributed by atoms with Gasteiger partial charge >= 0.3 is 12.0 Å². The second-order valence-corrected chi connectivity index (χ2v) is 4.35. The summed E-state index contributed by atoms with van der Waals surface area (Å²) in [6.45, 7) is 3.48. The summed E-state index contributed by atoms with van der Waals surface area (Å²) in [4.78, 5) is 27.8. The molecule has 1 aliphatic rings. The van der Waals surface area contributed by atoms with E-state index in [1.54, 1.807) is 24.0 Å². The quantitative estimate of drug-likeness (QED) is 0.713. The van der Waals surface area contributed by atoms with Crippen molar-refractivity contribution in [3.8, 4) is 0 Å². The molecule has 104 valence electrons. The van der Waals surface area contributed by atoms with Gasteiger partial charge in [-0.1, -0.05) is 0 Å². The zero-order chi connectivity index (χ0) is 13.5. The Hall–Kier alpha value is -1.34. The number of methoxy groups -OCH3 is 1. The molecule has 0 aromatic rings. The molecule has 0 atom stereocenters. The number of carbonyl (C=O) groups is 2. The van der Waals surface area contributed by atoms with Crippen molar-refractivity contribution >= 4 is 12.0 Å². The lowest BCUT2D eigenvalue weighted by molar-refractivity contribution is -0.138. The van der Waals surface area contributed by atoms with Gasteiger partial charge in [0.2, 0.25) is 0 Å². The van der Waals surface area contributed by atoms with Crippen molar-refractivity contribution in [3.05, 3.63) is 0 Å². The van der Waals surface area contributed by atoms with E-state index in [2.05, 4.69) is 0 Å². The lowest BCUT2D eigenvalue weighted by Crippen LogP contribution is -2.53. The minimum Gasteiger partial charge on any atom is -0.480 e. The fourth-order valence-corrected chi connectivity index (χ4v) is 1.85. The summed E-state index contributed by atoms with van der Waals surface area (Å²) in [7, 11) is 3.34. The molecule has 0 unspecified atom stereocenters. The molecule has 0 aromatic carbocycles. The number of rotatable bonds is 5. The summed E-state index contributed by atoms with van der Waals surface area (Å²) in [5, 5.41) is 8.68. The fraction of sp³-hybridized carbons (Fsp3) is 0.818. The summed E-state index contributed by atoms with van der Waals surface area (Å²) in [5.41, 5.74) is 0. The lowest BCUT2D eigenvalue weighted by atomic mass is 10.3. The average Bonchev–Trinajstić information content (AvgIpc) is 2.35. The van der Waals surface area contributed by atoms with Crippen molar-refractivity contribution in [1.29, 1.82) is 0 Å². The van der Waals surface area contributed by atoms with E-state index in [4.69, 9.17) is 9.84 Å². The van der Waals surface area contributed by atoms with Crippen LogP contribution in [0.4, 0.5) is 4.79 Å². The van der Waals surface area contributed by atoms with Gasteiger partial charge in [-0.25, -0.2) is 4.79 Å². The van der Waals surface area contributed by atoms with E-state index in [1.807, 2.05) is 4.90 Å².